The van der Waals surface area contributed by atoms with Crippen LogP contribution in [0.4, 0.5) is 0 Å². The molecule has 4 nitrogen and oxygen atoms in total. The van der Waals surface area contributed by atoms with E-state index in [9.17, 15) is 9.90 Å². The molecular weight excluding hydrogens is 472 g/mol. The highest BCUT2D eigenvalue weighted by Gasteiger charge is 2.16. The van der Waals surface area contributed by atoms with E-state index in [1.54, 1.807) is 6.92 Å². The Bertz CT molecular complexity index is 1200. The molecule has 3 aromatic rings. The summed E-state index contributed by atoms with van der Waals surface area (Å²) < 4.78 is 11.2. The number of unbranched alkanes of at least 4 members (excludes halogenated alkanes) is 2. The smallest absolute Gasteiger partial charge is 0.333 e. The average Bonchev–Trinajstić information content (AvgIpc) is 2.94. The van der Waals surface area contributed by atoms with E-state index in [4.69, 9.17) is 9.47 Å². The number of hydrogen-bond acceptors (Lipinski definition) is 4. The van der Waals surface area contributed by atoms with Gasteiger partial charge in [-0.3, -0.25) is 0 Å². The number of aliphatic hydroxyl groups excluding tert-OH is 1. The first-order chi connectivity index (χ1) is 18.4. The van der Waals surface area contributed by atoms with E-state index in [1.165, 1.54) is 52.6 Å². The van der Waals surface area contributed by atoms with Gasteiger partial charge in [-0.05, 0) is 83.7 Å². The van der Waals surface area contributed by atoms with Gasteiger partial charge in [-0.25, -0.2) is 4.79 Å². The van der Waals surface area contributed by atoms with E-state index < -0.39 is 5.97 Å². The fourth-order valence-corrected chi connectivity index (χ4v) is 4.72. The second-order valence-corrected chi connectivity index (χ2v) is 9.78. The van der Waals surface area contributed by atoms with Crippen molar-refractivity contribution in [2.75, 3.05) is 13.2 Å². The van der Waals surface area contributed by atoms with Crippen LogP contribution >= 0.6 is 0 Å². The third-order valence-electron chi connectivity index (χ3n) is 6.83. The molecule has 0 aromatic heterocycles. The minimum absolute atomic E-state index is 0.0753. The lowest BCUT2D eigenvalue weighted by molar-refractivity contribution is -0.140. The molecule has 0 spiro atoms. The first-order valence-electron chi connectivity index (χ1n) is 13.9. The SMILES string of the molecule is C=C(C)C(=O)OCc1cc(-c2c(CC)cc(-c3ccc(CCCCC)cc3)cc2CC)ccc1OCCO. The average molecular weight is 515 g/mol. The van der Waals surface area contributed by atoms with E-state index in [0.717, 1.165) is 30.4 Å². The number of carbonyl (C=O) groups is 1. The van der Waals surface area contributed by atoms with Crippen molar-refractivity contribution in [3.05, 3.63) is 89.0 Å². The molecule has 0 bridgehead atoms. The monoisotopic (exact) mass is 514 g/mol. The Labute approximate surface area is 228 Å². The molecule has 0 aliphatic heterocycles. The number of esters is 1. The Hall–Kier alpha value is -3.37. The third-order valence-corrected chi connectivity index (χ3v) is 6.83. The molecule has 0 aliphatic carbocycles. The fraction of sp³-hybridized carbons (Fsp3) is 0.382. The van der Waals surface area contributed by atoms with Crippen LogP contribution in [0.5, 0.6) is 5.75 Å². The van der Waals surface area contributed by atoms with Crippen LogP contribution in [0.1, 0.15) is 69.2 Å². The number of aliphatic hydroxyl groups is 1. The van der Waals surface area contributed by atoms with Gasteiger partial charge >= 0.3 is 5.97 Å². The van der Waals surface area contributed by atoms with Crippen LogP contribution in [-0.4, -0.2) is 24.3 Å². The summed E-state index contributed by atoms with van der Waals surface area (Å²) in [7, 11) is 0. The number of benzene rings is 3. The topological polar surface area (TPSA) is 55.8 Å². The zero-order valence-corrected chi connectivity index (χ0v) is 23.4. The van der Waals surface area contributed by atoms with Gasteiger partial charge in [0, 0.05) is 11.1 Å². The maximum Gasteiger partial charge on any atom is 0.333 e. The number of hydrogen-bond donors (Lipinski definition) is 1. The van der Waals surface area contributed by atoms with Gasteiger partial charge in [0.25, 0.3) is 0 Å². The maximum absolute atomic E-state index is 12.1. The lowest BCUT2D eigenvalue weighted by Crippen LogP contribution is -2.08. The van der Waals surface area contributed by atoms with Crippen LogP contribution in [0.3, 0.4) is 0 Å². The predicted octanol–water partition coefficient (Wildman–Crippen LogP) is 7.87. The van der Waals surface area contributed by atoms with Gasteiger partial charge in [-0.15, -0.1) is 0 Å². The van der Waals surface area contributed by atoms with Crippen molar-refractivity contribution in [2.24, 2.45) is 0 Å². The van der Waals surface area contributed by atoms with Crippen molar-refractivity contribution in [3.8, 4) is 28.0 Å². The molecule has 3 rings (SSSR count). The standard InChI is InChI=1S/C34H42O4/c1-6-9-10-11-25-12-14-28(15-13-25)30-20-26(7-2)33(27(8-3)21-30)29-16-17-32(37-19-18-35)31(22-29)23-38-34(36)24(4)5/h12-17,20-22,35H,4,6-11,18-19,23H2,1-3,5H3. The van der Waals surface area contributed by atoms with Gasteiger partial charge in [-0.1, -0.05) is 82.7 Å². The molecule has 3 aromatic carbocycles. The summed E-state index contributed by atoms with van der Waals surface area (Å²) in [5.41, 5.74) is 9.82. The van der Waals surface area contributed by atoms with Gasteiger partial charge in [0.05, 0.1) is 6.61 Å². The predicted molar refractivity (Wildman–Crippen MR) is 156 cm³/mol. The van der Waals surface area contributed by atoms with Crippen LogP contribution in [0.2, 0.25) is 0 Å². The highest BCUT2D eigenvalue weighted by molar-refractivity contribution is 5.87. The molecule has 0 fully saturated rings. The molecule has 0 radical (unpaired) electrons. The minimum atomic E-state index is -0.437. The zero-order valence-electron chi connectivity index (χ0n) is 23.4. The second kappa shape index (κ2) is 14.5. The first-order valence-corrected chi connectivity index (χ1v) is 13.9. The molecule has 0 unspecified atom stereocenters. The summed E-state index contributed by atoms with van der Waals surface area (Å²) >= 11 is 0. The Morgan fingerprint density at radius 1 is 0.842 bits per heavy atom. The normalized spacial score (nSPS) is 10.9. The molecule has 0 saturated heterocycles. The van der Waals surface area contributed by atoms with E-state index >= 15 is 0 Å². The van der Waals surface area contributed by atoms with E-state index in [2.05, 4.69) is 69.8 Å². The number of aryl methyl sites for hydroxylation is 3. The Kier molecular flexibility index (Phi) is 11.2. The fourth-order valence-electron chi connectivity index (χ4n) is 4.72. The Morgan fingerprint density at radius 3 is 2.05 bits per heavy atom. The molecule has 0 amide bonds. The van der Waals surface area contributed by atoms with E-state index in [0.29, 0.717) is 11.3 Å². The number of carbonyl (C=O) groups excluding carboxylic acids is 1. The molecule has 0 saturated carbocycles. The van der Waals surface area contributed by atoms with Gasteiger partial charge < -0.3 is 14.6 Å². The van der Waals surface area contributed by atoms with E-state index in [-0.39, 0.29) is 19.8 Å². The minimum Gasteiger partial charge on any atom is -0.491 e. The Balaban J connectivity index is 1.98. The Morgan fingerprint density at radius 2 is 1.47 bits per heavy atom. The van der Waals surface area contributed by atoms with Gasteiger partial charge in [0.15, 0.2) is 0 Å². The van der Waals surface area contributed by atoms with Crippen LogP contribution in [0, 0.1) is 0 Å². The third kappa shape index (κ3) is 7.58. The lowest BCUT2D eigenvalue weighted by Gasteiger charge is -2.19. The van der Waals surface area contributed by atoms with E-state index in [1.807, 2.05) is 12.1 Å². The second-order valence-electron chi connectivity index (χ2n) is 9.78. The van der Waals surface area contributed by atoms with Crippen molar-refractivity contribution < 1.29 is 19.4 Å². The van der Waals surface area contributed by atoms with Crippen molar-refractivity contribution >= 4 is 5.97 Å². The number of ether oxygens (including phenoxy) is 2. The summed E-state index contributed by atoms with van der Waals surface area (Å²) in [5.74, 6) is 0.164. The summed E-state index contributed by atoms with van der Waals surface area (Å²) in [5, 5.41) is 9.24. The largest absolute Gasteiger partial charge is 0.491 e. The zero-order chi connectivity index (χ0) is 27.5. The highest BCUT2D eigenvalue weighted by Crippen LogP contribution is 2.36. The molecule has 1 N–H and O–H groups in total. The molecule has 4 heteroatoms. The van der Waals surface area contributed by atoms with Gasteiger partial charge in [0.2, 0.25) is 0 Å². The highest BCUT2D eigenvalue weighted by atomic mass is 16.5. The molecule has 0 atom stereocenters. The van der Waals surface area contributed by atoms with Crippen molar-refractivity contribution in [3.63, 3.8) is 0 Å². The van der Waals surface area contributed by atoms with Gasteiger partial charge in [-0.2, -0.15) is 0 Å². The summed E-state index contributed by atoms with van der Waals surface area (Å²) in [6, 6.07) is 19.6. The molecular formula is C34H42O4. The number of rotatable bonds is 14. The molecule has 202 valence electrons. The molecule has 38 heavy (non-hydrogen) atoms. The van der Waals surface area contributed by atoms with Crippen LogP contribution < -0.4 is 4.74 Å². The van der Waals surface area contributed by atoms with Crippen LogP contribution in [0.15, 0.2) is 66.7 Å². The summed E-state index contributed by atoms with van der Waals surface area (Å²) in [6.45, 7) is 12.1. The lowest BCUT2D eigenvalue weighted by atomic mass is 9.87. The summed E-state index contributed by atoms with van der Waals surface area (Å²) in [4.78, 5) is 12.1. The quantitative estimate of drug-likeness (QED) is 0.135. The van der Waals surface area contributed by atoms with Gasteiger partial charge in [0.1, 0.15) is 19.0 Å². The van der Waals surface area contributed by atoms with Crippen molar-refractivity contribution in [1.82, 2.24) is 0 Å². The maximum atomic E-state index is 12.1. The summed E-state index contributed by atoms with van der Waals surface area (Å²) in [6.07, 6.45) is 6.68. The molecule has 0 heterocycles. The van der Waals surface area contributed by atoms with Crippen LogP contribution in [0.25, 0.3) is 22.3 Å². The van der Waals surface area contributed by atoms with Crippen LogP contribution in [-0.2, 0) is 35.4 Å². The molecule has 0 aliphatic rings. The van der Waals surface area contributed by atoms with Crippen molar-refractivity contribution in [1.29, 1.82) is 0 Å². The first kappa shape index (κ1) is 29.2. The van der Waals surface area contributed by atoms with Crippen molar-refractivity contribution in [2.45, 2.75) is 72.8 Å².